The number of hydrogen-bond acceptors (Lipinski definition) is 1. The summed E-state index contributed by atoms with van der Waals surface area (Å²) in [5.74, 6) is 0.671. The van der Waals surface area contributed by atoms with Gasteiger partial charge in [-0.25, -0.2) is 9.48 Å². The molecule has 108 valence electrons. The molecule has 0 amide bonds. The lowest BCUT2D eigenvalue weighted by atomic mass is 10.3. The Labute approximate surface area is 139 Å². The van der Waals surface area contributed by atoms with Crippen LogP contribution in [0.4, 0.5) is 11.4 Å². The lowest BCUT2D eigenvalue weighted by Gasteiger charge is -2.18. The highest BCUT2D eigenvalue weighted by Crippen LogP contribution is 2.35. The van der Waals surface area contributed by atoms with E-state index < -0.39 is 3.79 Å². The van der Waals surface area contributed by atoms with Crippen molar-refractivity contribution in [2.75, 3.05) is 18.0 Å². The van der Waals surface area contributed by atoms with E-state index in [2.05, 4.69) is 9.48 Å². The molecule has 0 unspecified atom stereocenters. The average molecular weight is 341 g/mol. The first-order valence-corrected chi connectivity index (χ1v) is 7.80. The quantitative estimate of drug-likeness (QED) is 0.571. The standard InChI is InChI=1S/C16H14Cl3N2/c17-16(18,19)15-20(13-7-3-1-4-8-13)11-12-21(15)14-9-5-2-6-10-14/h1-10H,11-12H2/q+1. The predicted octanol–water partition coefficient (Wildman–Crippen LogP) is 4.62. The molecule has 0 saturated carbocycles. The zero-order chi connectivity index (χ0) is 14.9. The summed E-state index contributed by atoms with van der Waals surface area (Å²) in [7, 11) is 0. The van der Waals surface area contributed by atoms with E-state index in [0.717, 1.165) is 24.5 Å². The number of benzene rings is 2. The SMILES string of the molecule is ClC(Cl)(Cl)C1=[N+](c2ccccc2)CCN1c1ccccc1. The number of anilines is 1. The van der Waals surface area contributed by atoms with Gasteiger partial charge in [0.25, 0.3) is 3.79 Å². The predicted molar refractivity (Wildman–Crippen MR) is 90.3 cm³/mol. The van der Waals surface area contributed by atoms with Crippen LogP contribution < -0.4 is 4.90 Å². The van der Waals surface area contributed by atoms with E-state index in [1.165, 1.54) is 0 Å². The Morgan fingerprint density at radius 3 is 2.00 bits per heavy atom. The Kier molecular flexibility index (Phi) is 4.12. The van der Waals surface area contributed by atoms with Gasteiger partial charge in [-0.2, -0.15) is 0 Å². The van der Waals surface area contributed by atoms with E-state index in [9.17, 15) is 0 Å². The second-order valence-corrected chi connectivity index (χ2v) is 7.08. The minimum atomic E-state index is -1.48. The van der Waals surface area contributed by atoms with E-state index in [1.54, 1.807) is 0 Å². The number of alkyl halides is 3. The molecule has 0 bridgehead atoms. The zero-order valence-electron chi connectivity index (χ0n) is 11.2. The van der Waals surface area contributed by atoms with E-state index >= 15 is 0 Å². The van der Waals surface area contributed by atoms with Crippen LogP contribution in [0.5, 0.6) is 0 Å². The van der Waals surface area contributed by atoms with Gasteiger partial charge in [-0.05, 0) is 24.3 Å². The Balaban J connectivity index is 2.11. The summed E-state index contributed by atoms with van der Waals surface area (Å²) in [5.41, 5.74) is 2.05. The maximum atomic E-state index is 6.24. The normalized spacial score (nSPS) is 15.7. The molecule has 5 heteroatoms. The van der Waals surface area contributed by atoms with Crippen LogP contribution >= 0.6 is 34.8 Å². The number of para-hydroxylation sites is 2. The molecule has 0 aromatic heterocycles. The molecule has 1 heterocycles. The summed E-state index contributed by atoms with van der Waals surface area (Å²) in [5, 5.41) is 0. The first-order valence-electron chi connectivity index (χ1n) is 6.67. The Bertz CT molecular complexity index is 648. The fourth-order valence-corrected chi connectivity index (χ4v) is 3.19. The van der Waals surface area contributed by atoms with Crippen LogP contribution in [-0.4, -0.2) is 27.3 Å². The van der Waals surface area contributed by atoms with E-state index in [0.29, 0.717) is 5.84 Å². The van der Waals surface area contributed by atoms with Crippen molar-refractivity contribution in [3.63, 3.8) is 0 Å². The van der Waals surface area contributed by atoms with E-state index in [4.69, 9.17) is 34.8 Å². The summed E-state index contributed by atoms with van der Waals surface area (Å²) in [4.78, 5) is 2.06. The lowest BCUT2D eigenvalue weighted by molar-refractivity contribution is -0.429. The van der Waals surface area contributed by atoms with Crippen LogP contribution in [0.2, 0.25) is 0 Å². The third kappa shape index (κ3) is 3.03. The van der Waals surface area contributed by atoms with Crippen LogP contribution in [0.15, 0.2) is 60.7 Å². The second-order valence-electron chi connectivity index (χ2n) is 4.80. The molecule has 0 fully saturated rings. The number of nitrogens with zero attached hydrogens (tertiary/aromatic N) is 2. The molecule has 0 aliphatic carbocycles. The van der Waals surface area contributed by atoms with Gasteiger partial charge in [0.15, 0.2) is 0 Å². The van der Waals surface area contributed by atoms with Crippen molar-refractivity contribution in [3.05, 3.63) is 60.7 Å². The molecule has 0 saturated heterocycles. The molecule has 2 aromatic carbocycles. The van der Waals surface area contributed by atoms with Crippen molar-refractivity contribution < 1.29 is 4.58 Å². The minimum Gasteiger partial charge on any atom is -0.223 e. The first-order chi connectivity index (χ1) is 10.1. The van der Waals surface area contributed by atoms with Crippen molar-refractivity contribution in [1.82, 2.24) is 0 Å². The Morgan fingerprint density at radius 2 is 1.43 bits per heavy atom. The van der Waals surface area contributed by atoms with Crippen LogP contribution in [-0.2, 0) is 0 Å². The topological polar surface area (TPSA) is 6.25 Å². The highest BCUT2D eigenvalue weighted by atomic mass is 35.6. The number of hydrogen-bond donors (Lipinski definition) is 0. The third-order valence-electron chi connectivity index (χ3n) is 3.45. The van der Waals surface area contributed by atoms with E-state index in [-0.39, 0.29) is 0 Å². The van der Waals surface area contributed by atoms with Crippen molar-refractivity contribution in [2.45, 2.75) is 3.79 Å². The van der Waals surface area contributed by atoms with Gasteiger partial charge in [-0.3, -0.25) is 0 Å². The van der Waals surface area contributed by atoms with Gasteiger partial charge in [0, 0.05) is 0 Å². The van der Waals surface area contributed by atoms with Crippen LogP contribution in [0.25, 0.3) is 0 Å². The maximum Gasteiger partial charge on any atom is 0.310 e. The largest absolute Gasteiger partial charge is 0.310 e. The monoisotopic (exact) mass is 339 g/mol. The van der Waals surface area contributed by atoms with Gasteiger partial charge in [-0.15, -0.1) is 0 Å². The van der Waals surface area contributed by atoms with Crippen LogP contribution in [0.3, 0.4) is 0 Å². The van der Waals surface area contributed by atoms with Gasteiger partial charge < -0.3 is 0 Å². The summed E-state index contributed by atoms with van der Waals surface area (Å²) in [6.07, 6.45) is 0. The van der Waals surface area contributed by atoms with Crippen LogP contribution in [0.1, 0.15) is 0 Å². The summed E-state index contributed by atoms with van der Waals surface area (Å²) in [6.45, 7) is 1.56. The van der Waals surface area contributed by atoms with Gasteiger partial charge in [0.2, 0.25) is 0 Å². The fourth-order valence-electron chi connectivity index (χ4n) is 2.58. The molecule has 2 nitrogen and oxygen atoms in total. The van der Waals surface area contributed by atoms with Crippen molar-refractivity contribution >= 4 is 52.0 Å². The molecular formula is C16H14Cl3N2+. The Hall–Kier alpha value is -1.22. The van der Waals surface area contributed by atoms with Crippen molar-refractivity contribution in [3.8, 4) is 0 Å². The summed E-state index contributed by atoms with van der Waals surface area (Å²) >= 11 is 18.7. The maximum absolute atomic E-state index is 6.24. The minimum absolute atomic E-state index is 0.671. The zero-order valence-corrected chi connectivity index (χ0v) is 13.5. The highest BCUT2D eigenvalue weighted by molar-refractivity contribution is 6.77. The lowest BCUT2D eigenvalue weighted by Crippen LogP contribution is -2.38. The van der Waals surface area contributed by atoms with Crippen molar-refractivity contribution in [1.29, 1.82) is 0 Å². The number of amidine groups is 1. The Morgan fingerprint density at radius 1 is 0.857 bits per heavy atom. The summed E-state index contributed by atoms with van der Waals surface area (Å²) in [6, 6.07) is 20.0. The highest BCUT2D eigenvalue weighted by Gasteiger charge is 2.46. The molecule has 2 aromatic rings. The molecular weight excluding hydrogens is 327 g/mol. The number of halogens is 3. The smallest absolute Gasteiger partial charge is 0.223 e. The van der Waals surface area contributed by atoms with E-state index in [1.807, 2.05) is 60.7 Å². The molecule has 0 radical (unpaired) electrons. The summed E-state index contributed by atoms with van der Waals surface area (Å²) < 4.78 is 0.572. The van der Waals surface area contributed by atoms with Gasteiger partial charge in [0.1, 0.15) is 24.5 Å². The molecule has 1 aliphatic heterocycles. The average Bonchev–Trinajstić information content (AvgIpc) is 2.94. The molecule has 3 rings (SSSR count). The second kappa shape index (κ2) is 5.88. The van der Waals surface area contributed by atoms with Gasteiger partial charge >= 0.3 is 5.84 Å². The van der Waals surface area contributed by atoms with Crippen LogP contribution in [0, 0.1) is 0 Å². The fraction of sp³-hybridized carbons (Fsp3) is 0.188. The van der Waals surface area contributed by atoms with Gasteiger partial charge in [0.05, 0.1) is 0 Å². The molecule has 0 atom stereocenters. The first kappa shape index (κ1) is 14.7. The van der Waals surface area contributed by atoms with Gasteiger partial charge in [-0.1, -0.05) is 71.2 Å². The van der Waals surface area contributed by atoms with Crippen molar-refractivity contribution in [2.24, 2.45) is 0 Å². The molecule has 21 heavy (non-hydrogen) atoms. The third-order valence-corrected chi connectivity index (χ3v) is 3.95. The molecule has 1 aliphatic rings. The molecule has 0 spiro atoms. The molecule has 0 N–H and O–H groups in total. The number of rotatable bonds is 2.